The number of likely N-dealkylation sites (tertiary alicyclic amines) is 1. The van der Waals surface area contributed by atoms with Gasteiger partial charge >= 0.3 is 5.97 Å². The fraction of sp³-hybridized carbons (Fsp3) is 0.522. The van der Waals surface area contributed by atoms with Crippen molar-refractivity contribution < 1.29 is 9.53 Å². The number of ether oxygens (including phenoxy) is 1. The highest BCUT2D eigenvalue weighted by Gasteiger charge is 2.41. The first-order valence-corrected chi connectivity index (χ1v) is 11.5. The van der Waals surface area contributed by atoms with Gasteiger partial charge in [0.2, 0.25) is 0 Å². The van der Waals surface area contributed by atoms with Crippen LogP contribution in [0.25, 0.3) is 0 Å². The number of fused-ring (bicyclic) bond motifs is 1. The Kier molecular flexibility index (Phi) is 5.00. The Morgan fingerprint density at radius 3 is 2.83 bits per heavy atom. The highest BCUT2D eigenvalue weighted by Crippen LogP contribution is 2.42. The Hall–Kier alpha value is -2.43. The lowest BCUT2D eigenvalue weighted by atomic mass is 9.77. The standard InChI is InChI=1S/C23H26N4O2S/c1-16-17(2-3-19-20(16)14-29-21(19)28)4-8-26-9-5-23(6-10-26)7-11-27(15-23)22-25-13-18(12-24)30-22/h2-3,13H,4-11,14-15H2,1H3. The van der Waals surface area contributed by atoms with Gasteiger partial charge in [0.1, 0.15) is 17.6 Å². The van der Waals surface area contributed by atoms with Crippen LogP contribution in [-0.4, -0.2) is 48.6 Å². The summed E-state index contributed by atoms with van der Waals surface area (Å²) < 4.78 is 5.18. The number of aromatic nitrogens is 1. The number of rotatable bonds is 4. The van der Waals surface area contributed by atoms with Gasteiger partial charge in [-0.2, -0.15) is 5.26 Å². The molecule has 156 valence electrons. The zero-order chi connectivity index (χ0) is 20.7. The number of hydrogen-bond donors (Lipinski definition) is 0. The molecule has 0 radical (unpaired) electrons. The molecule has 2 aromatic rings. The van der Waals surface area contributed by atoms with Gasteiger partial charge in [-0.25, -0.2) is 9.78 Å². The third-order valence-corrected chi connectivity index (χ3v) is 8.17. The van der Waals surface area contributed by atoms with E-state index in [2.05, 4.69) is 33.8 Å². The first kappa shape index (κ1) is 19.5. The maximum atomic E-state index is 11.7. The number of thiazole rings is 1. The number of anilines is 1. The highest BCUT2D eigenvalue weighted by molar-refractivity contribution is 7.16. The summed E-state index contributed by atoms with van der Waals surface area (Å²) in [5, 5.41) is 10.0. The molecule has 3 aliphatic heterocycles. The third-order valence-electron chi connectivity index (χ3n) is 7.20. The number of esters is 1. The van der Waals surface area contributed by atoms with Crippen LogP contribution in [0.15, 0.2) is 18.3 Å². The maximum Gasteiger partial charge on any atom is 0.338 e. The third kappa shape index (κ3) is 3.48. The molecule has 3 aliphatic rings. The Labute approximate surface area is 181 Å². The van der Waals surface area contributed by atoms with Crippen molar-refractivity contribution in [3.8, 4) is 6.07 Å². The Bertz CT molecular complexity index is 1020. The minimum Gasteiger partial charge on any atom is -0.457 e. The van der Waals surface area contributed by atoms with Crippen LogP contribution in [0.3, 0.4) is 0 Å². The van der Waals surface area contributed by atoms with Crippen molar-refractivity contribution in [3.05, 3.63) is 45.5 Å². The summed E-state index contributed by atoms with van der Waals surface area (Å²) >= 11 is 1.51. The second-order valence-electron chi connectivity index (χ2n) is 8.83. The van der Waals surface area contributed by atoms with Gasteiger partial charge in [0.25, 0.3) is 0 Å². The molecule has 2 fully saturated rings. The molecule has 4 heterocycles. The molecule has 0 N–H and O–H groups in total. The number of cyclic esters (lactones) is 1. The van der Waals surface area contributed by atoms with Gasteiger partial charge in [0.15, 0.2) is 5.13 Å². The average Bonchev–Trinajstić information content (AvgIpc) is 3.48. The van der Waals surface area contributed by atoms with Crippen molar-refractivity contribution in [2.75, 3.05) is 37.6 Å². The van der Waals surface area contributed by atoms with E-state index in [1.54, 1.807) is 6.20 Å². The zero-order valence-corrected chi connectivity index (χ0v) is 18.1. The topological polar surface area (TPSA) is 69.5 Å². The summed E-state index contributed by atoms with van der Waals surface area (Å²) in [6, 6.07) is 6.23. The number of hydrogen-bond acceptors (Lipinski definition) is 7. The smallest absolute Gasteiger partial charge is 0.338 e. The molecule has 1 aromatic carbocycles. The second-order valence-corrected chi connectivity index (χ2v) is 9.84. The van der Waals surface area contributed by atoms with E-state index in [9.17, 15) is 4.79 Å². The Morgan fingerprint density at radius 1 is 1.27 bits per heavy atom. The molecule has 5 rings (SSSR count). The number of nitrogens with zero attached hydrogens (tertiary/aromatic N) is 4. The summed E-state index contributed by atoms with van der Waals surface area (Å²) in [5.74, 6) is -0.187. The molecule has 1 aromatic heterocycles. The van der Waals surface area contributed by atoms with Gasteiger partial charge in [0, 0.05) is 25.2 Å². The van der Waals surface area contributed by atoms with E-state index in [1.807, 2.05) is 6.07 Å². The molecule has 0 bridgehead atoms. The zero-order valence-electron chi connectivity index (χ0n) is 17.3. The van der Waals surface area contributed by atoms with Gasteiger partial charge in [-0.15, -0.1) is 0 Å². The molecular formula is C23H26N4O2S. The molecular weight excluding hydrogens is 396 g/mol. The lowest BCUT2D eigenvalue weighted by molar-refractivity contribution is 0.0535. The normalized spacial score (nSPS) is 20.4. The van der Waals surface area contributed by atoms with Crippen LogP contribution >= 0.6 is 11.3 Å². The molecule has 0 saturated carbocycles. The highest BCUT2D eigenvalue weighted by atomic mass is 32.1. The predicted molar refractivity (Wildman–Crippen MR) is 116 cm³/mol. The van der Waals surface area contributed by atoms with E-state index in [1.165, 1.54) is 41.7 Å². The number of nitriles is 1. The van der Waals surface area contributed by atoms with Crippen molar-refractivity contribution in [2.24, 2.45) is 5.41 Å². The molecule has 0 aliphatic carbocycles. The monoisotopic (exact) mass is 422 g/mol. The van der Waals surface area contributed by atoms with E-state index in [0.29, 0.717) is 16.9 Å². The van der Waals surface area contributed by atoms with Crippen LogP contribution in [0, 0.1) is 23.7 Å². The Morgan fingerprint density at radius 2 is 2.07 bits per heavy atom. The van der Waals surface area contributed by atoms with Gasteiger partial charge in [-0.3, -0.25) is 0 Å². The number of piperidine rings is 1. The fourth-order valence-corrected chi connectivity index (χ4v) is 5.91. The van der Waals surface area contributed by atoms with Gasteiger partial charge in [-0.1, -0.05) is 17.4 Å². The minimum atomic E-state index is -0.187. The van der Waals surface area contributed by atoms with Crippen LogP contribution in [0.2, 0.25) is 0 Å². The summed E-state index contributed by atoms with van der Waals surface area (Å²) in [5.41, 5.74) is 4.76. The summed E-state index contributed by atoms with van der Waals surface area (Å²) in [6.07, 6.45) is 6.39. The number of carbonyl (C=O) groups excluding carboxylic acids is 1. The van der Waals surface area contributed by atoms with E-state index in [4.69, 9.17) is 10.00 Å². The van der Waals surface area contributed by atoms with Crippen molar-refractivity contribution in [1.82, 2.24) is 9.88 Å². The van der Waals surface area contributed by atoms with Crippen molar-refractivity contribution >= 4 is 22.4 Å². The minimum absolute atomic E-state index is 0.187. The first-order chi connectivity index (χ1) is 14.6. The quantitative estimate of drug-likeness (QED) is 0.702. The summed E-state index contributed by atoms with van der Waals surface area (Å²) in [7, 11) is 0. The van der Waals surface area contributed by atoms with Crippen LogP contribution < -0.4 is 4.90 Å². The molecule has 6 nitrogen and oxygen atoms in total. The average molecular weight is 423 g/mol. The molecule has 1 spiro atoms. The largest absolute Gasteiger partial charge is 0.457 e. The Balaban J connectivity index is 1.16. The lowest BCUT2D eigenvalue weighted by Crippen LogP contribution is -2.42. The maximum absolute atomic E-state index is 11.7. The van der Waals surface area contributed by atoms with Crippen molar-refractivity contribution in [3.63, 3.8) is 0 Å². The molecule has 0 amide bonds. The van der Waals surface area contributed by atoms with Crippen molar-refractivity contribution in [1.29, 1.82) is 5.26 Å². The fourth-order valence-electron chi connectivity index (χ4n) is 5.17. The van der Waals surface area contributed by atoms with E-state index >= 15 is 0 Å². The van der Waals surface area contributed by atoms with Crippen LogP contribution in [0.4, 0.5) is 5.13 Å². The summed E-state index contributed by atoms with van der Waals surface area (Å²) in [4.78, 5) is 21.8. The van der Waals surface area contributed by atoms with E-state index < -0.39 is 0 Å². The molecule has 2 saturated heterocycles. The first-order valence-electron chi connectivity index (χ1n) is 10.7. The molecule has 0 atom stereocenters. The van der Waals surface area contributed by atoms with Crippen LogP contribution in [0.1, 0.15) is 51.2 Å². The van der Waals surface area contributed by atoms with Gasteiger partial charge < -0.3 is 14.5 Å². The second kappa shape index (κ2) is 7.68. The van der Waals surface area contributed by atoms with Crippen LogP contribution in [-0.2, 0) is 17.8 Å². The van der Waals surface area contributed by atoms with Crippen LogP contribution in [0.5, 0.6) is 0 Å². The molecule has 0 unspecified atom stereocenters. The van der Waals surface area contributed by atoms with E-state index in [0.717, 1.165) is 55.4 Å². The lowest BCUT2D eigenvalue weighted by Gasteiger charge is -2.39. The number of carbonyl (C=O) groups is 1. The number of benzene rings is 1. The predicted octanol–water partition coefficient (Wildman–Crippen LogP) is 3.53. The SMILES string of the molecule is Cc1c(CCN2CCC3(CC2)CCN(c2ncc(C#N)s2)C3)ccc2c1COC2=O. The molecule has 7 heteroatoms. The van der Waals surface area contributed by atoms with Gasteiger partial charge in [0.05, 0.1) is 11.8 Å². The van der Waals surface area contributed by atoms with Crippen molar-refractivity contribution in [2.45, 2.75) is 39.2 Å². The summed E-state index contributed by atoms with van der Waals surface area (Å²) in [6.45, 7) is 7.99. The molecule has 30 heavy (non-hydrogen) atoms. The van der Waals surface area contributed by atoms with Gasteiger partial charge in [-0.05, 0) is 68.3 Å². The van der Waals surface area contributed by atoms with E-state index in [-0.39, 0.29) is 5.97 Å².